The Kier molecular flexibility index (Phi) is 6.97. The fourth-order valence-corrected chi connectivity index (χ4v) is 2.73. The zero-order chi connectivity index (χ0) is 20.0. The molecule has 0 saturated heterocycles. The molecule has 2 aromatic carbocycles. The van der Waals surface area contributed by atoms with Gasteiger partial charge in [-0.2, -0.15) is 5.10 Å². The van der Waals surface area contributed by atoms with Crippen LogP contribution in [0.5, 0.6) is 17.2 Å². The average Bonchev–Trinajstić information content (AvgIpc) is 2.61. The minimum Gasteiger partial charge on any atom is -0.500 e. The molecule has 9 nitrogen and oxygen atoms in total. The quantitative estimate of drug-likeness (QED) is 0.373. The molecule has 2 N–H and O–H groups in total. The second-order valence-corrected chi connectivity index (χ2v) is 6.30. The summed E-state index contributed by atoms with van der Waals surface area (Å²) in [5.41, 5.74) is 1.93. The molecule has 0 atom stereocenters. The van der Waals surface area contributed by atoms with Crippen LogP contribution in [0.3, 0.4) is 0 Å². The fourth-order valence-electron chi connectivity index (χ4n) is 1.93. The summed E-state index contributed by atoms with van der Waals surface area (Å²) in [6.45, 7) is -0.309. The van der Waals surface area contributed by atoms with Gasteiger partial charge < -0.3 is 14.6 Å². The Morgan fingerprint density at radius 2 is 2.15 bits per heavy atom. The molecule has 142 valence electrons. The van der Waals surface area contributed by atoms with Gasteiger partial charge >= 0.3 is 5.69 Å². The number of nitrogens with zero attached hydrogens (tertiary/aromatic N) is 2. The van der Waals surface area contributed by atoms with Gasteiger partial charge in [0.1, 0.15) is 5.75 Å². The number of ether oxygens (including phenoxy) is 2. The van der Waals surface area contributed by atoms with Crippen LogP contribution in [0.4, 0.5) is 5.69 Å². The average molecular weight is 459 g/mol. The van der Waals surface area contributed by atoms with E-state index in [9.17, 15) is 20.0 Å². The van der Waals surface area contributed by atoms with E-state index in [1.807, 2.05) is 0 Å². The van der Waals surface area contributed by atoms with E-state index in [2.05, 4.69) is 26.5 Å². The molecular formula is C16H13BrClN3O6. The number of phenolic OH excluding ortho intramolecular Hbond substituents is 1. The van der Waals surface area contributed by atoms with E-state index in [0.29, 0.717) is 15.2 Å². The summed E-state index contributed by atoms with van der Waals surface area (Å²) in [4.78, 5) is 22.0. The first-order valence-electron chi connectivity index (χ1n) is 7.27. The van der Waals surface area contributed by atoms with E-state index in [1.165, 1.54) is 19.4 Å². The third-order valence-electron chi connectivity index (χ3n) is 3.15. The molecule has 11 heteroatoms. The molecule has 2 aromatic rings. The van der Waals surface area contributed by atoms with Gasteiger partial charge in [0.05, 0.1) is 22.7 Å². The number of carbonyl (C=O) groups is 1. The number of hydrazone groups is 1. The molecule has 1 amide bonds. The number of hydrogen-bond donors (Lipinski definition) is 2. The molecule has 0 aliphatic heterocycles. The minimum atomic E-state index is -0.758. The van der Waals surface area contributed by atoms with E-state index >= 15 is 0 Å². The van der Waals surface area contributed by atoms with Crippen molar-refractivity contribution in [1.82, 2.24) is 5.43 Å². The fraction of sp³-hybridized carbons (Fsp3) is 0.125. The van der Waals surface area contributed by atoms with Crippen molar-refractivity contribution in [3.63, 3.8) is 0 Å². The SMILES string of the molecule is COc1cc(/C=N/NC(=O)COc2ccc(Cl)cc2Br)cc([N+](=O)[O-])c1O. The Balaban J connectivity index is 1.99. The minimum absolute atomic E-state index is 0.0899. The second kappa shape index (κ2) is 9.19. The standard InChI is InChI=1S/C16H13BrClN3O6/c1-26-14-5-9(4-12(16(14)23)21(24)25)7-19-20-15(22)8-27-13-3-2-10(18)6-11(13)17/h2-7,23H,8H2,1H3,(H,20,22)/b19-7+. The van der Waals surface area contributed by atoms with Crippen LogP contribution in [0.15, 0.2) is 39.9 Å². The number of hydrogen-bond acceptors (Lipinski definition) is 7. The Morgan fingerprint density at radius 3 is 2.78 bits per heavy atom. The maximum Gasteiger partial charge on any atom is 0.315 e. The summed E-state index contributed by atoms with van der Waals surface area (Å²) in [6, 6.07) is 7.26. The lowest BCUT2D eigenvalue weighted by Gasteiger charge is -2.07. The largest absolute Gasteiger partial charge is 0.500 e. The predicted molar refractivity (Wildman–Crippen MR) is 102 cm³/mol. The topological polar surface area (TPSA) is 123 Å². The highest BCUT2D eigenvalue weighted by Crippen LogP contribution is 2.36. The predicted octanol–water partition coefficient (Wildman–Crippen LogP) is 3.25. The summed E-state index contributed by atoms with van der Waals surface area (Å²) in [7, 11) is 1.26. The number of aromatic hydroxyl groups is 1. The van der Waals surface area contributed by atoms with E-state index in [1.54, 1.807) is 18.2 Å². The summed E-state index contributed by atoms with van der Waals surface area (Å²) >= 11 is 9.08. The lowest BCUT2D eigenvalue weighted by atomic mass is 10.2. The van der Waals surface area contributed by atoms with Crippen LogP contribution in [-0.4, -0.2) is 35.9 Å². The first kappa shape index (κ1) is 20.5. The van der Waals surface area contributed by atoms with Gasteiger partial charge in [-0.05, 0) is 40.2 Å². The lowest BCUT2D eigenvalue weighted by molar-refractivity contribution is -0.386. The van der Waals surface area contributed by atoms with Gasteiger partial charge in [-0.3, -0.25) is 14.9 Å². The molecule has 0 spiro atoms. The number of benzene rings is 2. The summed E-state index contributed by atoms with van der Waals surface area (Å²) in [5.74, 6) is -0.802. The van der Waals surface area contributed by atoms with Crippen molar-refractivity contribution in [1.29, 1.82) is 0 Å². The first-order chi connectivity index (χ1) is 12.8. The molecule has 0 heterocycles. The summed E-state index contributed by atoms with van der Waals surface area (Å²) < 4.78 is 10.8. The van der Waals surface area contributed by atoms with Crippen molar-refractivity contribution in [2.75, 3.05) is 13.7 Å². The highest BCUT2D eigenvalue weighted by Gasteiger charge is 2.19. The van der Waals surface area contributed by atoms with Gasteiger partial charge in [0, 0.05) is 16.7 Å². The van der Waals surface area contributed by atoms with Gasteiger partial charge in [-0.25, -0.2) is 5.43 Å². The molecule has 0 aliphatic carbocycles. The molecule has 0 bridgehead atoms. The number of amides is 1. The summed E-state index contributed by atoms with van der Waals surface area (Å²) in [6.07, 6.45) is 1.17. The second-order valence-electron chi connectivity index (χ2n) is 5.00. The number of nitro groups is 1. The normalized spacial score (nSPS) is 10.6. The number of methoxy groups -OCH3 is 1. The number of nitrogens with one attached hydrogen (secondary N) is 1. The van der Waals surface area contributed by atoms with Crippen molar-refractivity contribution in [2.24, 2.45) is 5.10 Å². The van der Waals surface area contributed by atoms with Crippen molar-refractivity contribution in [3.8, 4) is 17.2 Å². The maximum atomic E-state index is 11.8. The maximum absolute atomic E-state index is 11.8. The van der Waals surface area contributed by atoms with E-state index in [4.69, 9.17) is 21.1 Å². The Hall–Kier alpha value is -2.85. The highest BCUT2D eigenvalue weighted by atomic mass is 79.9. The van der Waals surface area contributed by atoms with Gasteiger partial charge in [0.2, 0.25) is 5.75 Å². The Labute approximate surface area is 166 Å². The summed E-state index contributed by atoms with van der Waals surface area (Å²) in [5, 5.41) is 24.9. The van der Waals surface area contributed by atoms with Crippen LogP contribution in [0.2, 0.25) is 5.02 Å². The molecule has 0 aliphatic rings. The monoisotopic (exact) mass is 457 g/mol. The van der Waals surface area contributed by atoms with Gasteiger partial charge in [-0.15, -0.1) is 0 Å². The van der Waals surface area contributed by atoms with Crippen LogP contribution in [0.1, 0.15) is 5.56 Å². The smallest absolute Gasteiger partial charge is 0.315 e. The third-order valence-corrected chi connectivity index (χ3v) is 4.00. The van der Waals surface area contributed by atoms with Crippen molar-refractivity contribution in [3.05, 3.63) is 55.5 Å². The first-order valence-corrected chi connectivity index (χ1v) is 8.44. The van der Waals surface area contributed by atoms with E-state index in [-0.39, 0.29) is 17.9 Å². The zero-order valence-electron chi connectivity index (χ0n) is 13.8. The van der Waals surface area contributed by atoms with Crippen molar-refractivity contribution < 1.29 is 24.3 Å². The van der Waals surface area contributed by atoms with Crippen LogP contribution in [0, 0.1) is 10.1 Å². The molecule has 0 saturated carbocycles. The van der Waals surface area contributed by atoms with Crippen molar-refractivity contribution >= 4 is 45.3 Å². The number of nitro benzene ring substituents is 1. The number of rotatable bonds is 7. The van der Waals surface area contributed by atoms with E-state index in [0.717, 1.165) is 6.07 Å². The zero-order valence-corrected chi connectivity index (χ0v) is 16.2. The molecule has 0 radical (unpaired) electrons. The molecule has 0 fully saturated rings. The van der Waals surface area contributed by atoms with Crippen molar-refractivity contribution in [2.45, 2.75) is 0 Å². The molecule has 0 unspecified atom stereocenters. The van der Waals surface area contributed by atoms with Crippen LogP contribution in [0.25, 0.3) is 0 Å². The molecule has 2 rings (SSSR count). The third kappa shape index (κ3) is 5.56. The molecule has 0 aromatic heterocycles. The molecular weight excluding hydrogens is 446 g/mol. The highest BCUT2D eigenvalue weighted by molar-refractivity contribution is 9.10. The molecule has 27 heavy (non-hydrogen) atoms. The number of halogens is 2. The van der Waals surface area contributed by atoms with Crippen LogP contribution >= 0.6 is 27.5 Å². The lowest BCUT2D eigenvalue weighted by Crippen LogP contribution is -2.24. The Bertz CT molecular complexity index is 906. The van der Waals surface area contributed by atoms with E-state index < -0.39 is 22.3 Å². The van der Waals surface area contributed by atoms with Crippen LogP contribution in [-0.2, 0) is 4.79 Å². The van der Waals surface area contributed by atoms with Gasteiger partial charge in [0.15, 0.2) is 12.4 Å². The number of phenols is 1. The number of carbonyl (C=O) groups excluding carboxylic acids is 1. The van der Waals surface area contributed by atoms with Crippen LogP contribution < -0.4 is 14.9 Å². The Morgan fingerprint density at radius 1 is 1.41 bits per heavy atom. The van der Waals surface area contributed by atoms with Gasteiger partial charge in [-0.1, -0.05) is 11.6 Å². The van der Waals surface area contributed by atoms with Gasteiger partial charge in [0.25, 0.3) is 5.91 Å².